The van der Waals surface area contributed by atoms with E-state index in [-0.39, 0.29) is 29.2 Å². The van der Waals surface area contributed by atoms with Crippen molar-refractivity contribution < 1.29 is 23.9 Å². The summed E-state index contributed by atoms with van der Waals surface area (Å²) in [5.74, 6) is 0.932. The van der Waals surface area contributed by atoms with Crippen LogP contribution in [0.1, 0.15) is 41.7 Å². The molecule has 10 heteroatoms. The molecule has 0 spiro atoms. The van der Waals surface area contributed by atoms with Crippen LogP contribution in [0.4, 0.5) is 11.4 Å². The summed E-state index contributed by atoms with van der Waals surface area (Å²) in [7, 11) is 1.60. The number of hydrogen-bond acceptors (Lipinski definition) is 8. The molecule has 2 aromatic rings. The van der Waals surface area contributed by atoms with Gasteiger partial charge in [0.15, 0.2) is 11.5 Å². The molecule has 1 saturated carbocycles. The summed E-state index contributed by atoms with van der Waals surface area (Å²) < 4.78 is 16.7. The van der Waals surface area contributed by atoms with E-state index in [9.17, 15) is 14.9 Å². The van der Waals surface area contributed by atoms with Crippen LogP contribution < -0.4 is 20.1 Å². The molecule has 2 N–H and O–H groups in total. The van der Waals surface area contributed by atoms with Gasteiger partial charge in [0.05, 0.1) is 37.9 Å². The second-order valence-electron chi connectivity index (χ2n) is 8.63. The number of morpholine rings is 1. The molecule has 1 unspecified atom stereocenters. The SMILES string of the molecule is CCOc1ccc(C(CNC(=O)c2ccc(NC3CC3)c([N+](=O)[O-])c2)N2CCOCC2)cc1OC. The number of carbonyl (C=O) groups excluding carboxylic acids is 1. The standard InChI is InChI=1S/C25H32N4O6/c1-3-35-23-9-5-17(15-24(23)33-2)22(28-10-12-34-13-11-28)16-26-25(30)18-4-8-20(27-19-6-7-19)21(14-18)29(31)32/h4-5,8-9,14-15,19,22,27H,3,6-7,10-13,16H2,1-2H3,(H,26,30). The topological polar surface area (TPSA) is 115 Å². The summed E-state index contributed by atoms with van der Waals surface area (Å²) in [6, 6.07) is 10.5. The molecular formula is C25H32N4O6. The van der Waals surface area contributed by atoms with Crippen LogP contribution in [0, 0.1) is 10.1 Å². The van der Waals surface area contributed by atoms with Crippen molar-refractivity contribution in [1.29, 1.82) is 0 Å². The van der Waals surface area contributed by atoms with E-state index in [1.54, 1.807) is 19.2 Å². The lowest BCUT2D eigenvalue weighted by molar-refractivity contribution is -0.384. The highest BCUT2D eigenvalue weighted by Crippen LogP contribution is 2.33. The van der Waals surface area contributed by atoms with Gasteiger partial charge in [0.2, 0.25) is 0 Å². The van der Waals surface area contributed by atoms with Crippen LogP contribution in [-0.2, 0) is 4.74 Å². The van der Waals surface area contributed by atoms with Gasteiger partial charge >= 0.3 is 0 Å². The van der Waals surface area contributed by atoms with Crippen LogP contribution in [0.25, 0.3) is 0 Å². The van der Waals surface area contributed by atoms with Gasteiger partial charge in [0.25, 0.3) is 11.6 Å². The van der Waals surface area contributed by atoms with Gasteiger partial charge < -0.3 is 24.8 Å². The summed E-state index contributed by atoms with van der Waals surface area (Å²) in [6.07, 6.45) is 2.00. The molecule has 4 rings (SSSR count). The van der Waals surface area contributed by atoms with E-state index >= 15 is 0 Å². The lowest BCUT2D eigenvalue weighted by atomic mass is 10.0. The minimum Gasteiger partial charge on any atom is -0.493 e. The van der Waals surface area contributed by atoms with Gasteiger partial charge in [-0.2, -0.15) is 0 Å². The van der Waals surface area contributed by atoms with Gasteiger partial charge in [0, 0.05) is 37.3 Å². The Bertz CT molecular complexity index is 1050. The zero-order valence-electron chi connectivity index (χ0n) is 20.1. The van der Waals surface area contributed by atoms with Gasteiger partial charge in [-0.15, -0.1) is 0 Å². The van der Waals surface area contributed by atoms with Crippen molar-refractivity contribution in [2.75, 3.05) is 51.9 Å². The highest BCUT2D eigenvalue weighted by molar-refractivity contribution is 5.95. The summed E-state index contributed by atoms with van der Waals surface area (Å²) >= 11 is 0. The summed E-state index contributed by atoms with van der Waals surface area (Å²) in [6.45, 7) is 5.44. The number of anilines is 1. The third-order valence-corrected chi connectivity index (χ3v) is 6.21. The number of nitrogens with one attached hydrogen (secondary N) is 2. The summed E-state index contributed by atoms with van der Waals surface area (Å²) in [5.41, 5.74) is 1.58. The van der Waals surface area contributed by atoms with E-state index in [2.05, 4.69) is 15.5 Å². The lowest BCUT2D eigenvalue weighted by Crippen LogP contribution is -2.43. The first kappa shape index (κ1) is 24.7. The molecule has 2 aliphatic rings. The Morgan fingerprint density at radius 2 is 1.97 bits per heavy atom. The van der Waals surface area contributed by atoms with Crippen LogP contribution in [0.2, 0.25) is 0 Å². The average Bonchev–Trinajstić information content (AvgIpc) is 3.69. The van der Waals surface area contributed by atoms with Gasteiger partial charge in [-0.05, 0) is 49.6 Å². The lowest BCUT2D eigenvalue weighted by Gasteiger charge is -2.35. The number of carbonyl (C=O) groups is 1. The van der Waals surface area contributed by atoms with Crippen LogP contribution in [0.5, 0.6) is 11.5 Å². The second kappa shape index (κ2) is 11.4. The number of nitro benzene ring substituents is 1. The predicted octanol–water partition coefficient (Wildman–Crippen LogP) is 3.38. The minimum absolute atomic E-state index is 0.0921. The van der Waals surface area contributed by atoms with Gasteiger partial charge in [0.1, 0.15) is 5.69 Å². The zero-order valence-corrected chi connectivity index (χ0v) is 20.1. The average molecular weight is 485 g/mol. The Balaban J connectivity index is 1.52. The first-order valence-corrected chi connectivity index (χ1v) is 12.0. The minimum atomic E-state index is -0.454. The highest BCUT2D eigenvalue weighted by Gasteiger charge is 2.27. The molecular weight excluding hydrogens is 452 g/mol. The molecule has 10 nitrogen and oxygen atoms in total. The molecule has 188 valence electrons. The fourth-order valence-electron chi connectivity index (χ4n) is 4.20. The Morgan fingerprint density at radius 1 is 1.20 bits per heavy atom. The maximum atomic E-state index is 13.0. The molecule has 2 fully saturated rings. The van der Waals surface area contributed by atoms with Crippen LogP contribution in [0.15, 0.2) is 36.4 Å². The van der Waals surface area contributed by atoms with Crippen molar-refractivity contribution >= 4 is 17.3 Å². The van der Waals surface area contributed by atoms with Crippen molar-refractivity contribution in [3.8, 4) is 11.5 Å². The van der Waals surface area contributed by atoms with Crippen LogP contribution in [-0.4, -0.2) is 68.3 Å². The van der Waals surface area contributed by atoms with Gasteiger partial charge in [-0.1, -0.05) is 6.07 Å². The van der Waals surface area contributed by atoms with Crippen LogP contribution in [0.3, 0.4) is 0 Å². The Morgan fingerprint density at radius 3 is 2.63 bits per heavy atom. The second-order valence-corrected chi connectivity index (χ2v) is 8.63. The Kier molecular flexibility index (Phi) is 8.04. The van der Waals surface area contributed by atoms with Gasteiger partial charge in [-0.25, -0.2) is 0 Å². The molecule has 0 bridgehead atoms. The highest BCUT2D eigenvalue weighted by atomic mass is 16.6. The molecule has 1 amide bonds. The molecule has 1 atom stereocenters. The Labute approximate surface area is 204 Å². The first-order chi connectivity index (χ1) is 17.0. The summed E-state index contributed by atoms with van der Waals surface area (Å²) in [5, 5.41) is 17.7. The number of ether oxygens (including phenoxy) is 3. The monoisotopic (exact) mass is 484 g/mol. The number of nitro groups is 1. The molecule has 2 aromatic carbocycles. The van der Waals surface area contributed by atoms with E-state index in [4.69, 9.17) is 14.2 Å². The fraction of sp³-hybridized carbons (Fsp3) is 0.480. The van der Waals surface area contributed by atoms with Crippen molar-refractivity contribution in [3.05, 3.63) is 57.6 Å². The molecule has 0 radical (unpaired) electrons. The largest absolute Gasteiger partial charge is 0.493 e. The number of amides is 1. The molecule has 1 aliphatic heterocycles. The number of methoxy groups -OCH3 is 1. The number of nitrogens with zero attached hydrogens (tertiary/aromatic N) is 2. The smallest absolute Gasteiger partial charge is 0.293 e. The van der Waals surface area contributed by atoms with E-state index in [1.165, 1.54) is 6.07 Å². The van der Waals surface area contributed by atoms with Crippen molar-refractivity contribution in [2.45, 2.75) is 31.8 Å². The normalized spacial score (nSPS) is 16.9. The first-order valence-electron chi connectivity index (χ1n) is 12.0. The number of benzene rings is 2. The summed E-state index contributed by atoms with van der Waals surface area (Å²) in [4.78, 5) is 26.4. The Hall–Kier alpha value is -3.37. The van der Waals surface area contributed by atoms with E-state index < -0.39 is 4.92 Å². The van der Waals surface area contributed by atoms with Crippen molar-refractivity contribution in [3.63, 3.8) is 0 Å². The molecule has 35 heavy (non-hydrogen) atoms. The molecule has 1 aliphatic carbocycles. The van der Waals surface area contributed by atoms with E-state index in [0.29, 0.717) is 43.6 Å². The fourth-order valence-corrected chi connectivity index (χ4v) is 4.20. The maximum absolute atomic E-state index is 13.0. The van der Waals surface area contributed by atoms with Crippen molar-refractivity contribution in [1.82, 2.24) is 10.2 Å². The predicted molar refractivity (Wildman–Crippen MR) is 131 cm³/mol. The maximum Gasteiger partial charge on any atom is 0.293 e. The van der Waals surface area contributed by atoms with E-state index in [0.717, 1.165) is 31.5 Å². The number of hydrogen-bond donors (Lipinski definition) is 2. The van der Waals surface area contributed by atoms with Crippen molar-refractivity contribution in [2.24, 2.45) is 0 Å². The zero-order chi connectivity index (χ0) is 24.8. The molecule has 1 heterocycles. The van der Waals surface area contributed by atoms with Gasteiger partial charge in [-0.3, -0.25) is 19.8 Å². The quantitative estimate of drug-likeness (QED) is 0.368. The van der Waals surface area contributed by atoms with Crippen LogP contribution >= 0.6 is 0 Å². The number of rotatable bonds is 11. The third-order valence-electron chi connectivity index (χ3n) is 6.21. The molecule has 0 aromatic heterocycles. The molecule has 1 saturated heterocycles. The third kappa shape index (κ3) is 6.20. The van der Waals surface area contributed by atoms with E-state index in [1.807, 2.05) is 25.1 Å².